The second kappa shape index (κ2) is 49.4. The van der Waals surface area contributed by atoms with Gasteiger partial charge in [0, 0.05) is 173 Å². The van der Waals surface area contributed by atoms with E-state index < -0.39 is 71.4 Å². The monoisotopic (exact) mass is 1790 g/mol. The normalized spacial score (nSPS) is 14.9. The molecule has 2 fully saturated rings. The number of anilines is 7. The lowest BCUT2D eigenvalue weighted by Gasteiger charge is -2.18. The summed E-state index contributed by atoms with van der Waals surface area (Å²) in [6.07, 6.45) is 11.4. The Bertz CT molecular complexity index is 5170. The van der Waals surface area contributed by atoms with E-state index in [1.807, 2.05) is 0 Å². The SMILES string of the molecule is CN1CC(NC(=O)c2nc(NC(=O)CCNC(=O)c3cc(NC(=O)c4nccn4C)cn3C)cn2C)CC1C(=O)NCCCC(=O)Nc1cn(C)c(C(=O)NCCC(=O)NC2CC(C(=O)Nc3cn(C)c(C(=O)NCCC(=O)NCCOCCOCCOCCOCCOCCOCCn4cc(CC(=O)Nc5ccc(C(=O)Nc6ccccc6N)cc5)nn4)n3)N(C)C2)n1. The van der Waals surface area contributed by atoms with E-state index >= 15 is 0 Å². The number of aromatic nitrogens is 12. The van der Waals surface area contributed by atoms with E-state index in [1.165, 1.54) is 49.1 Å². The van der Waals surface area contributed by atoms with E-state index in [2.05, 4.69) is 99.4 Å². The van der Waals surface area contributed by atoms with Crippen LogP contribution in [0.15, 0.2) is 98.0 Å². The molecule has 0 bridgehead atoms. The predicted molar refractivity (Wildman–Crippen MR) is 466 cm³/mol. The van der Waals surface area contributed by atoms with Gasteiger partial charge in [0.15, 0.2) is 23.3 Å². The summed E-state index contributed by atoms with van der Waals surface area (Å²) in [6, 6.07) is 12.9. The van der Waals surface area contributed by atoms with Gasteiger partial charge in [-0.2, -0.15) is 0 Å². The topological polar surface area (TPSA) is 573 Å². The van der Waals surface area contributed by atoms with E-state index in [1.54, 1.807) is 136 Å². The van der Waals surface area contributed by atoms with Crippen LogP contribution in [-0.2, 0) is 110 Å². The van der Waals surface area contributed by atoms with Crippen molar-refractivity contribution in [2.75, 3.05) is 177 Å². The van der Waals surface area contributed by atoms with Crippen molar-refractivity contribution in [3.63, 3.8) is 0 Å². The molecule has 2 aliphatic rings. The van der Waals surface area contributed by atoms with E-state index in [0.29, 0.717) is 126 Å². The maximum atomic E-state index is 13.5. The van der Waals surface area contributed by atoms with Crippen LogP contribution in [-0.4, -0.2) is 308 Å². The van der Waals surface area contributed by atoms with Gasteiger partial charge in [-0.25, -0.2) is 24.6 Å². The smallest absolute Gasteiger partial charge is 0.291 e. The summed E-state index contributed by atoms with van der Waals surface area (Å²) >= 11 is 0. The van der Waals surface area contributed by atoms with Crippen molar-refractivity contribution < 1.29 is 90.8 Å². The molecule has 8 heterocycles. The summed E-state index contributed by atoms with van der Waals surface area (Å²) < 4.78 is 42.4. The van der Waals surface area contributed by atoms with Crippen molar-refractivity contribution in [3.05, 3.63) is 138 Å². The first-order chi connectivity index (χ1) is 62.1. The summed E-state index contributed by atoms with van der Waals surface area (Å²) in [7, 11) is 11.6. The summed E-state index contributed by atoms with van der Waals surface area (Å²) in [4.78, 5) is 189. The molecule has 0 aliphatic carbocycles. The van der Waals surface area contributed by atoms with Crippen LogP contribution in [0, 0.1) is 0 Å². The van der Waals surface area contributed by atoms with E-state index in [0.717, 1.165) is 0 Å². The lowest BCUT2D eigenvalue weighted by atomic mass is 10.1. The van der Waals surface area contributed by atoms with Crippen molar-refractivity contribution in [1.29, 1.82) is 0 Å². The number of rotatable bonds is 52. The summed E-state index contributed by atoms with van der Waals surface area (Å²) in [5, 5.41) is 43.9. The molecule has 129 heavy (non-hydrogen) atoms. The van der Waals surface area contributed by atoms with E-state index in [-0.39, 0.29) is 167 Å². The number of carbonyl (C=O) groups excluding carboxylic acids is 13. The third-order valence-corrected chi connectivity index (χ3v) is 20.2. The van der Waals surface area contributed by atoms with Gasteiger partial charge in [0.25, 0.3) is 35.4 Å². The number of imidazole rings is 4. The van der Waals surface area contributed by atoms with E-state index in [4.69, 9.17) is 34.2 Å². The number of likely N-dealkylation sites (N-methyl/N-ethyl adjacent to an activating group) is 2. The molecular weight excluding hydrogens is 1680 g/mol. The first kappa shape index (κ1) is 97.5. The lowest BCUT2D eigenvalue weighted by molar-refractivity contribution is -0.125. The number of para-hydroxylation sites is 2. The average molecular weight is 1790 g/mol. The molecule has 4 atom stereocenters. The zero-order valence-electron chi connectivity index (χ0n) is 72.9. The number of hydrogen-bond acceptors (Lipinski definition) is 28. The van der Waals surface area contributed by atoms with Crippen molar-refractivity contribution in [2.24, 2.45) is 35.2 Å². The van der Waals surface area contributed by atoms with Crippen LogP contribution in [0.3, 0.4) is 0 Å². The van der Waals surface area contributed by atoms with Crippen molar-refractivity contribution >= 4 is 117 Å². The maximum Gasteiger partial charge on any atom is 0.291 e. The number of nitrogens with zero attached hydrogens (tertiary/aromatic N) is 14. The van der Waals surface area contributed by atoms with Gasteiger partial charge in [-0.15, -0.1) is 5.10 Å². The van der Waals surface area contributed by atoms with Crippen LogP contribution in [0.25, 0.3) is 0 Å². The van der Waals surface area contributed by atoms with Crippen molar-refractivity contribution in [2.45, 2.75) is 82.1 Å². The Balaban J connectivity index is 0.485. The number of hydrogen-bond donors (Lipinski definition) is 14. The highest BCUT2D eigenvalue weighted by Gasteiger charge is 2.38. The molecule has 10 rings (SSSR count). The Morgan fingerprint density at radius 1 is 0.419 bits per heavy atom. The quantitative estimate of drug-likeness (QED) is 0.0159. The van der Waals surface area contributed by atoms with Gasteiger partial charge in [-0.1, -0.05) is 17.3 Å². The molecule has 4 unspecified atom stereocenters. The fourth-order valence-electron chi connectivity index (χ4n) is 13.6. The molecule has 13 amide bonds. The Kier molecular flexibility index (Phi) is 37.3. The third kappa shape index (κ3) is 31.1. The maximum absolute atomic E-state index is 13.5. The number of aryl methyl sites for hydroxylation is 5. The molecule has 2 aromatic carbocycles. The van der Waals surface area contributed by atoms with Crippen LogP contribution in [0.2, 0.25) is 0 Å². The number of amides is 13. The molecule has 0 spiro atoms. The van der Waals surface area contributed by atoms with Crippen LogP contribution >= 0.6 is 0 Å². The predicted octanol–water partition coefficient (Wildman–Crippen LogP) is -1.10. The third-order valence-electron chi connectivity index (χ3n) is 20.2. The van der Waals surface area contributed by atoms with Crippen molar-refractivity contribution in [1.82, 2.24) is 105 Å². The zero-order chi connectivity index (χ0) is 92.3. The number of benzene rings is 2. The Labute approximate surface area is 741 Å². The summed E-state index contributed by atoms with van der Waals surface area (Å²) in [5.74, 6) is -4.94. The van der Waals surface area contributed by atoms with Gasteiger partial charge in [0.2, 0.25) is 58.8 Å². The lowest BCUT2D eigenvalue weighted by Crippen LogP contribution is -2.41. The molecular formula is C82H112N28O19. The number of likely N-dealkylation sites (tertiary alicyclic amines) is 2. The molecule has 6 aromatic heterocycles. The Morgan fingerprint density at radius 2 is 0.938 bits per heavy atom. The number of carbonyl (C=O) groups is 13. The molecule has 2 aliphatic heterocycles. The highest BCUT2D eigenvalue weighted by atomic mass is 16.6. The van der Waals surface area contributed by atoms with Gasteiger partial charge in [-0.3, -0.25) is 72.1 Å². The Hall–Kier alpha value is -13.7. The number of nitrogen functional groups attached to an aromatic ring is 1. The van der Waals surface area contributed by atoms with Gasteiger partial charge in [0.1, 0.15) is 5.69 Å². The number of ether oxygens (including phenoxy) is 6. The number of nitrogens with one attached hydrogen (secondary N) is 13. The molecule has 0 saturated carbocycles. The first-order valence-electron chi connectivity index (χ1n) is 41.9. The second-order valence-corrected chi connectivity index (χ2v) is 30.4. The molecule has 47 heteroatoms. The summed E-state index contributed by atoms with van der Waals surface area (Å²) in [6.45, 7) is 5.74. The highest BCUT2D eigenvalue weighted by Crippen LogP contribution is 2.23. The minimum atomic E-state index is -0.654. The fraction of sp³-hybridized carbons (Fsp3) is 0.476. The molecule has 47 nitrogen and oxygen atoms in total. The summed E-state index contributed by atoms with van der Waals surface area (Å²) in [5.41, 5.74) is 8.93. The average Bonchev–Trinajstić information content (AvgIpc) is 1.63. The van der Waals surface area contributed by atoms with Crippen molar-refractivity contribution in [3.8, 4) is 0 Å². The fourth-order valence-corrected chi connectivity index (χ4v) is 13.6. The second-order valence-electron chi connectivity index (χ2n) is 30.4. The van der Waals surface area contributed by atoms with E-state index in [9.17, 15) is 62.3 Å². The molecule has 0 radical (unpaired) electrons. The number of nitrogens with two attached hydrogens (primary N) is 1. The van der Waals surface area contributed by atoms with Gasteiger partial charge in [-0.05, 0) is 75.8 Å². The molecule has 694 valence electrons. The van der Waals surface area contributed by atoms with Crippen LogP contribution < -0.4 is 74.9 Å². The van der Waals surface area contributed by atoms with Crippen LogP contribution in [0.4, 0.5) is 40.2 Å². The van der Waals surface area contributed by atoms with Gasteiger partial charge in [0.05, 0.1) is 127 Å². The zero-order valence-corrected chi connectivity index (χ0v) is 72.9. The largest absolute Gasteiger partial charge is 0.397 e. The standard InChI is InChI=1S/C82H112N28O19/c1-103-27-25-85-71(103)81(122)92-55-42-61(105(3)46-55)77(118)87-23-20-69(114)96-64-50-109(7)74(98-64)82(123)93-56-43-60(104(2)47-56)76(117)86-21-10-13-67(112)95-63-49-107(5)72(97-63)79(120)89-24-19-68(113)91-54-41-62(106(4)45-54)78(119)100-65-51-108(6)73(99-65)80(121)88-22-18-66(111)84-26-29-124-31-33-126-35-37-128-39-40-129-38-36-127-34-32-125-30-28-110-48-57(101-102-110)44-70(115)90-53-16-14-52(15-17-53)75(116)94-59-12-9-8-11-58(59)83/h8-9,11-12,14-17,25,27,42,46,48-51,54,56,60,62H,10,13,18-24,26,28-41,43-45,47,83H2,1-7H3,(H,84,111)(H,86,117)(H,87,118)(H,88,121)(H,89,120)(H,90,115)(H,91,113)(H,92,122)(H,93,123)(H,94,116)(H,95,112)(H,96,114)(H,100,119). The molecule has 2 saturated heterocycles. The van der Waals surface area contributed by atoms with Gasteiger partial charge >= 0.3 is 0 Å². The first-order valence-corrected chi connectivity index (χ1v) is 41.9. The van der Waals surface area contributed by atoms with Crippen LogP contribution in [0.5, 0.6) is 0 Å². The highest BCUT2D eigenvalue weighted by molar-refractivity contribution is 6.07. The molecule has 8 aromatic rings. The minimum Gasteiger partial charge on any atom is -0.397 e. The Morgan fingerprint density at radius 3 is 1.52 bits per heavy atom. The minimum absolute atomic E-state index is 0.0000770. The van der Waals surface area contributed by atoms with Crippen LogP contribution in [0.1, 0.15) is 114 Å². The van der Waals surface area contributed by atoms with Gasteiger partial charge < -0.3 is 126 Å². The molecule has 15 N–H and O–H groups in total.